The minimum absolute atomic E-state index is 0.161. The smallest absolute Gasteiger partial charge is 0.300 e. The van der Waals surface area contributed by atoms with E-state index < -0.39 is 17.9 Å². The Kier molecular flexibility index (Phi) is 8.55. The highest BCUT2D eigenvalue weighted by molar-refractivity contribution is 5.85. The number of carbonyl (C=O) groups excluding carboxylic acids is 2. The Hall–Kier alpha value is -1.59. The second-order valence-corrected chi connectivity index (χ2v) is 2.56. The first-order valence-corrected chi connectivity index (χ1v) is 4.09. The molecule has 0 aliphatic carbocycles. The maximum Gasteiger partial charge on any atom is 0.300 e. The minimum atomic E-state index is -0.833. The van der Waals surface area contributed by atoms with Crippen molar-refractivity contribution in [1.29, 1.82) is 0 Å². The zero-order chi connectivity index (χ0) is 11.7. The summed E-state index contributed by atoms with van der Waals surface area (Å²) in [5, 5.41) is 9.83. The topological polar surface area (TPSA) is 109 Å². The number of aliphatic carboxylic acids is 1. The summed E-state index contributed by atoms with van der Waals surface area (Å²) in [5.74, 6) is -1.51. The van der Waals surface area contributed by atoms with Gasteiger partial charge in [-0.25, -0.2) is 0 Å². The van der Waals surface area contributed by atoms with Crippen LogP contribution in [0.15, 0.2) is 0 Å². The van der Waals surface area contributed by atoms with Crippen LogP contribution in [0.5, 0.6) is 0 Å². The van der Waals surface area contributed by atoms with Gasteiger partial charge >= 0.3 is 0 Å². The van der Waals surface area contributed by atoms with E-state index in [0.29, 0.717) is 6.42 Å². The highest BCUT2D eigenvalue weighted by Crippen LogP contribution is 1.81. The molecule has 1 atom stereocenters. The van der Waals surface area contributed by atoms with Crippen LogP contribution in [0.2, 0.25) is 0 Å². The summed E-state index contributed by atoms with van der Waals surface area (Å²) in [6.07, 6.45) is 0.373. The minimum Gasteiger partial charge on any atom is -0.481 e. The Bertz CT molecular complexity index is 211. The van der Waals surface area contributed by atoms with Gasteiger partial charge in [0, 0.05) is 13.3 Å². The lowest BCUT2D eigenvalue weighted by molar-refractivity contribution is -0.134. The number of amides is 2. The van der Waals surface area contributed by atoms with Crippen molar-refractivity contribution in [3.8, 4) is 0 Å². The molecule has 0 rings (SSSR count). The van der Waals surface area contributed by atoms with Gasteiger partial charge in [0.2, 0.25) is 11.8 Å². The van der Waals surface area contributed by atoms with Gasteiger partial charge < -0.3 is 16.2 Å². The number of nitrogens with one attached hydrogen (secondary N) is 1. The third kappa shape index (κ3) is 13.0. The Morgan fingerprint density at radius 3 is 2.00 bits per heavy atom. The average Bonchev–Trinajstić information content (AvgIpc) is 2.02. The quantitative estimate of drug-likeness (QED) is 0.574. The molecule has 0 saturated carbocycles. The van der Waals surface area contributed by atoms with Gasteiger partial charge in [-0.05, 0) is 6.92 Å². The molecule has 4 N–H and O–H groups in total. The molecule has 6 nitrogen and oxygen atoms in total. The number of nitrogens with two attached hydrogens (primary N) is 1. The van der Waals surface area contributed by atoms with Crippen molar-refractivity contribution in [2.45, 2.75) is 33.2 Å². The molecule has 0 aromatic carbocycles. The summed E-state index contributed by atoms with van der Waals surface area (Å²) in [5.41, 5.74) is 4.89. The Labute approximate surface area is 82.5 Å². The standard InChI is InChI=1S/C6H12N2O2.C2H4O2/c1-3-5(9)8-4(2)6(7)10;1-2(3)4/h4H,3H2,1-2H3,(H2,7,10)(H,8,9);1H3,(H,3,4). The van der Waals surface area contributed by atoms with Crippen molar-refractivity contribution in [2.24, 2.45) is 5.73 Å². The van der Waals surface area contributed by atoms with Crippen LogP contribution in [0.25, 0.3) is 0 Å². The molecule has 0 bridgehead atoms. The van der Waals surface area contributed by atoms with E-state index in [-0.39, 0.29) is 5.91 Å². The summed E-state index contributed by atoms with van der Waals surface area (Å²) in [6.45, 7) is 4.35. The molecule has 0 radical (unpaired) electrons. The fraction of sp³-hybridized carbons (Fsp3) is 0.625. The molecule has 14 heavy (non-hydrogen) atoms. The van der Waals surface area contributed by atoms with E-state index in [0.717, 1.165) is 6.92 Å². The van der Waals surface area contributed by atoms with Gasteiger partial charge in [-0.2, -0.15) is 0 Å². The number of hydrogen-bond acceptors (Lipinski definition) is 3. The van der Waals surface area contributed by atoms with Crippen LogP contribution in [0, 0.1) is 0 Å². The normalized spacial score (nSPS) is 10.5. The van der Waals surface area contributed by atoms with E-state index in [1.807, 2.05) is 0 Å². The molecule has 0 spiro atoms. The van der Waals surface area contributed by atoms with Crippen molar-refractivity contribution in [1.82, 2.24) is 5.32 Å². The summed E-state index contributed by atoms with van der Waals surface area (Å²) in [7, 11) is 0. The second kappa shape index (κ2) is 8.03. The number of hydrogen-bond donors (Lipinski definition) is 3. The van der Waals surface area contributed by atoms with Crippen molar-refractivity contribution in [3.63, 3.8) is 0 Å². The van der Waals surface area contributed by atoms with Crippen LogP contribution in [0.1, 0.15) is 27.2 Å². The summed E-state index contributed by atoms with van der Waals surface area (Å²) >= 11 is 0. The summed E-state index contributed by atoms with van der Waals surface area (Å²) in [4.78, 5) is 30.0. The van der Waals surface area contributed by atoms with Gasteiger partial charge in [-0.3, -0.25) is 14.4 Å². The maximum absolute atomic E-state index is 10.6. The largest absolute Gasteiger partial charge is 0.481 e. The van der Waals surface area contributed by atoms with Gasteiger partial charge in [0.15, 0.2) is 0 Å². The number of carboxylic acid groups (broad SMARTS) is 1. The Morgan fingerprint density at radius 2 is 1.79 bits per heavy atom. The van der Waals surface area contributed by atoms with Crippen LogP contribution < -0.4 is 11.1 Å². The summed E-state index contributed by atoms with van der Waals surface area (Å²) < 4.78 is 0. The maximum atomic E-state index is 10.6. The molecule has 82 valence electrons. The SMILES string of the molecule is CC(=O)O.CCC(=O)NC(C)C(N)=O. The van der Waals surface area contributed by atoms with Crippen LogP contribution in [-0.4, -0.2) is 28.9 Å². The molecule has 0 heterocycles. The number of primary amides is 1. The molecule has 0 aromatic rings. The van der Waals surface area contributed by atoms with Crippen LogP contribution in [-0.2, 0) is 14.4 Å². The predicted octanol–water partition coefficient (Wildman–Crippen LogP) is -0.523. The zero-order valence-corrected chi connectivity index (χ0v) is 8.53. The zero-order valence-electron chi connectivity index (χ0n) is 8.53. The van der Waals surface area contributed by atoms with Crippen molar-refractivity contribution < 1.29 is 19.5 Å². The van der Waals surface area contributed by atoms with E-state index in [4.69, 9.17) is 15.6 Å². The van der Waals surface area contributed by atoms with Crippen LogP contribution in [0.3, 0.4) is 0 Å². The van der Waals surface area contributed by atoms with Gasteiger partial charge in [0.25, 0.3) is 5.97 Å². The molecule has 0 aliphatic rings. The first kappa shape index (κ1) is 14.9. The van der Waals surface area contributed by atoms with Crippen molar-refractivity contribution in [2.75, 3.05) is 0 Å². The molecule has 0 saturated heterocycles. The summed E-state index contributed by atoms with van der Waals surface area (Å²) in [6, 6.07) is -0.563. The van der Waals surface area contributed by atoms with E-state index in [1.165, 1.54) is 0 Å². The van der Waals surface area contributed by atoms with Crippen molar-refractivity contribution in [3.05, 3.63) is 0 Å². The van der Waals surface area contributed by atoms with Gasteiger partial charge in [-0.15, -0.1) is 0 Å². The molecule has 0 aromatic heterocycles. The number of carboxylic acids is 1. The molecule has 0 fully saturated rings. The molecular formula is C8H16N2O4. The molecule has 2 amide bonds. The second-order valence-electron chi connectivity index (χ2n) is 2.56. The Morgan fingerprint density at radius 1 is 1.43 bits per heavy atom. The first-order valence-electron chi connectivity index (χ1n) is 4.09. The van der Waals surface area contributed by atoms with Gasteiger partial charge in [-0.1, -0.05) is 6.92 Å². The molecule has 1 unspecified atom stereocenters. The third-order valence-electron chi connectivity index (χ3n) is 1.13. The number of carbonyl (C=O) groups is 3. The lowest BCUT2D eigenvalue weighted by Gasteiger charge is -2.07. The van der Waals surface area contributed by atoms with E-state index in [9.17, 15) is 9.59 Å². The lowest BCUT2D eigenvalue weighted by Crippen LogP contribution is -2.41. The first-order chi connectivity index (χ1) is 6.31. The monoisotopic (exact) mass is 204 g/mol. The van der Waals surface area contributed by atoms with E-state index in [1.54, 1.807) is 13.8 Å². The Balaban J connectivity index is 0. The van der Waals surface area contributed by atoms with Crippen LogP contribution >= 0.6 is 0 Å². The third-order valence-corrected chi connectivity index (χ3v) is 1.13. The van der Waals surface area contributed by atoms with Crippen LogP contribution in [0.4, 0.5) is 0 Å². The fourth-order valence-corrected chi connectivity index (χ4v) is 0.415. The molecule has 0 aliphatic heterocycles. The fourth-order valence-electron chi connectivity index (χ4n) is 0.415. The van der Waals surface area contributed by atoms with Crippen molar-refractivity contribution >= 4 is 17.8 Å². The highest BCUT2D eigenvalue weighted by Gasteiger charge is 2.09. The number of rotatable bonds is 3. The predicted molar refractivity (Wildman–Crippen MR) is 50.4 cm³/mol. The van der Waals surface area contributed by atoms with E-state index in [2.05, 4.69) is 5.32 Å². The van der Waals surface area contributed by atoms with Gasteiger partial charge in [0.05, 0.1) is 0 Å². The van der Waals surface area contributed by atoms with E-state index >= 15 is 0 Å². The lowest BCUT2D eigenvalue weighted by atomic mass is 10.3. The molecule has 6 heteroatoms. The average molecular weight is 204 g/mol. The van der Waals surface area contributed by atoms with Gasteiger partial charge in [0.1, 0.15) is 6.04 Å². The highest BCUT2D eigenvalue weighted by atomic mass is 16.4. The molecular weight excluding hydrogens is 188 g/mol.